The van der Waals surface area contributed by atoms with Crippen LogP contribution in [0.1, 0.15) is 24.6 Å². The van der Waals surface area contributed by atoms with Gasteiger partial charge in [0.2, 0.25) is 0 Å². The lowest BCUT2D eigenvalue weighted by molar-refractivity contribution is 0.658. The van der Waals surface area contributed by atoms with Crippen LogP contribution in [0.25, 0.3) is 0 Å². The molecule has 0 amide bonds. The van der Waals surface area contributed by atoms with Crippen molar-refractivity contribution < 1.29 is 0 Å². The van der Waals surface area contributed by atoms with Crippen LogP contribution in [0.15, 0.2) is 4.79 Å². The highest BCUT2D eigenvalue weighted by Gasteiger charge is 2.30. The Labute approximate surface area is 70.0 Å². The molecule has 0 aromatic carbocycles. The molecule has 1 heterocycles. The maximum atomic E-state index is 11.2. The molecule has 1 aromatic heterocycles. The van der Waals surface area contributed by atoms with Crippen molar-refractivity contribution in [3.8, 4) is 0 Å². The SMILES string of the molecule is CN(C)n1c(C2CC2)n[nH]c1=O. The number of nitrogens with one attached hydrogen (secondary N) is 1. The van der Waals surface area contributed by atoms with Gasteiger partial charge in [0.1, 0.15) is 0 Å². The summed E-state index contributed by atoms with van der Waals surface area (Å²) in [6.07, 6.45) is 2.30. The van der Waals surface area contributed by atoms with Crippen LogP contribution in [0, 0.1) is 0 Å². The largest absolute Gasteiger partial charge is 0.362 e. The number of aromatic nitrogens is 3. The van der Waals surface area contributed by atoms with Crippen LogP contribution in [0.5, 0.6) is 0 Å². The number of rotatable bonds is 2. The van der Waals surface area contributed by atoms with Crippen LogP contribution in [0.4, 0.5) is 0 Å². The van der Waals surface area contributed by atoms with E-state index in [9.17, 15) is 4.79 Å². The van der Waals surface area contributed by atoms with Gasteiger partial charge in [0, 0.05) is 20.0 Å². The fourth-order valence-corrected chi connectivity index (χ4v) is 1.30. The molecule has 0 radical (unpaired) electrons. The third-order valence-electron chi connectivity index (χ3n) is 2.02. The van der Waals surface area contributed by atoms with Crippen LogP contribution in [-0.2, 0) is 0 Å². The lowest BCUT2D eigenvalue weighted by Crippen LogP contribution is -2.35. The first-order chi connectivity index (χ1) is 5.70. The molecule has 0 bridgehead atoms. The molecule has 5 nitrogen and oxygen atoms in total. The van der Waals surface area contributed by atoms with Crippen molar-refractivity contribution >= 4 is 0 Å². The summed E-state index contributed by atoms with van der Waals surface area (Å²) in [6.45, 7) is 0. The van der Waals surface area contributed by atoms with Gasteiger partial charge < -0.3 is 5.01 Å². The van der Waals surface area contributed by atoms with E-state index in [0.717, 1.165) is 18.7 Å². The number of hydrogen-bond acceptors (Lipinski definition) is 3. The van der Waals surface area contributed by atoms with E-state index in [1.165, 1.54) is 0 Å². The summed E-state index contributed by atoms with van der Waals surface area (Å²) in [5, 5.41) is 8.19. The standard InChI is InChI=1S/C7H12N4O/c1-10(2)11-6(5-3-4-5)8-9-7(11)12/h5H,3-4H2,1-2H3,(H,9,12). The highest BCUT2D eigenvalue weighted by atomic mass is 16.2. The lowest BCUT2D eigenvalue weighted by Gasteiger charge is -2.13. The smallest absolute Gasteiger partial charge is 0.313 e. The second-order valence-electron chi connectivity index (χ2n) is 3.32. The van der Waals surface area contributed by atoms with E-state index in [1.54, 1.807) is 9.69 Å². The second-order valence-corrected chi connectivity index (χ2v) is 3.32. The predicted molar refractivity (Wildman–Crippen MR) is 44.9 cm³/mol. The van der Waals surface area contributed by atoms with E-state index >= 15 is 0 Å². The van der Waals surface area contributed by atoms with Crippen molar-refractivity contribution in [2.45, 2.75) is 18.8 Å². The molecule has 1 aliphatic rings. The average Bonchev–Trinajstić information content (AvgIpc) is 2.75. The van der Waals surface area contributed by atoms with Gasteiger partial charge in [-0.05, 0) is 12.8 Å². The lowest BCUT2D eigenvalue weighted by atomic mass is 10.4. The third-order valence-corrected chi connectivity index (χ3v) is 2.02. The number of H-pyrrole nitrogens is 1. The summed E-state index contributed by atoms with van der Waals surface area (Å²) in [7, 11) is 3.67. The zero-order chi connectivity index (χ0) is 8.72. The van der Waals surface area contributed by atoms with E-state index in [4.69, 9.17) is 0 Å². The van der Waals surface area contributed by atoms with Crippen LogP contribution in [0.3, 0.4) is 0 Å². The first-order valence-corrected chi connectivity index (χ1v) is 4.05. The van der Waals surface area contributed by atoms with E-state index in [2.05, 4.69) is 10.2 Å². The zero-order valence-corrected chi connectivity index (χ0v) is 7.24. The van der Waals surface area contributed by atoms with Gasteiger partial charge in [0.05, 0.1) is 0 Å². The molecule has 5 heteroatoms. The Morgan fingerprint density at radius 2 is 2.25 bits per heavy atom. The summed E-state index contributed by atoms with van der Waals surface area (Å²) >= 11 is 0. The van der Waals surface area contributed by atoms with E-state index in [1.807, 2.05) is 14.1 Å². The number of aromatic amines is 1. The molecule has 0 spiro atoms. The van der Waals surface area contributed by atoms with Gasteiger partial charge in [-0.3, -0.25) is 0 Å². The molecule has 1 saturated carbocycles. The van der Waals surface area contributed by atoms with Crippen molar-refractivity contribution in [1.82, 2.24) is 14.9 Å². The fourth-order valence-electron chi connectivity index (χ4n) is 1.30. The van der Waals surface area contributed by atoms with Crippen LogP contribution >= 0.6 is 0 Å². The molecular weight excluding hydrogens is 156 g/mol. The first-order valence-electron chi connectivity index (χ1n) is 4.05. The van der Waals surface area contributed by atoms with Gasteiger partial charge in [-0.2, -0.15) is 9.77 Å². The molecule has 0 unspecified atom stereocenters. The van der Waals surface area contributed by atoms with E-state index in [-0.39, 0.29) is 5.69 Å². The number of hydrogen-bond donors (Lipinski definition) is 1. The highest BCUT2D eigenvalue weighted by Crippen LogP contribution is 2.38. The third kappa shape index (κ3) is 1.01. The van der Waals surface area contributed by atoms with Gasteiger partial charge >= 0.3 is 5.69 Å². The quantitative estimate of drug-likeness (QED) is 0.656. The van der Waals surface area contributed by atoms with Crippen molar-refractivity contribution in [3.63, 3.8) is 0 Å². The van der Waals surface area contributed by atoms with Crippen molar-refractivity contribution in [2.75, 3.05) is 19.1 Å². The molecule has 0 atom stereocenters. The molecule has 1 aromatic rings. The Bertz CT molecular complexity index is 333. The normalized spacial score (nSPS) is 16.5. The van der Waals surface area contributed by atoms with Gasteiger partial charge in [0.25, 0.3) is 0 Å². The summed E-state index contributed by atoms with van der Waals surface area (Å²) in [6, 6.07) is 0. The Morgan fingerprint density at radius 3 is 2.75 bits per heavy atom. The van der Waals surface area contributed by atoms with Crippen molar-refractivity contribution in [2.24, 2.45) is 0 Å². The molecule has 1 aliphatic carbocycles. The van der Waals surface area contributed by atoms with Crippen molar-refractivity contribution in [1.29, 1.82) is 0 Å². The summed E-state index contributed by atoms with van der Waals surface area (Å²) in [5.74, 6) is 1.36. The Balaban J connectivity index is 2.46. The molecule has 66 valence electrons. The molecule has 12 heavy (non-hydrogen) atoms. The maximum absolute atomic E-state index is 11.2. The van der Waals surface area contributed by atoms with E-state index in [0.29, 0.717) is 5.92 Å². The summed E-state index contributed by atoms with van der Waals surface area (Å²) < 4.78 is 1.58. The number of nitrogens with zero attached hydrogens (tertiary/aromatic N) is 3. The van der Waals surface area contributed by atoms with Crippen molar-refractivity contribution in [3.05, 3.63) is 16.3 Å². The minimum absolute atomic E-state index is 0.151. The van der Waals surface area contributed by atoms with Crippen LogP contribution < -0.4 is 10.7 Å². The fraction of sp³-hybridized carbons (Fsp3) is 0.714. The van der Waals surface area contributed by atoms with Gasteiger partial charge in [-0.25, -0.2) is 9.89 Å². The monoisotopic (exact) mass is 168 g/mol. The highest BCUT2D eigenvalue weighted by molar-refractivity contribution is 5.06. The van der Waals surface area contributed by atoms with E-state index < -0.39 is 0 Å². The molecule has 1 fully saturated rings. The summed E-state index contributed by atoms with van der Waals surface area (Å²) in [4.78, 5) is 11.2. The molecule has 0 saturated heterocycles. The average molecular weight is 168 g/mol. The summed E-state index contributed by atoms with van der Waals surface area (Å²) in [5.41, 5.74) is -0.151. The Morgan fingerprint density at radius 1 is 1.58 bits per heavy atom. The van der Waals surface area contributed by atoms with Crippen LogP contribution in [-0.4, -0.2) is 29.0 Å². The molecule has 1 N–H and O–H groups in total. The minimum Gasteiger partial charge on any atom is -0.313 e. The first kappa shape index (κ1) is 7.39. The second kappa shape index (κ2) is 2.36. The van der Waals surface area contributed by atoms with Gasteiger partial charge in [-0.15, -0.1) is 0 Å². The topological polar surface area (TPSA) is 53.9 Å². The van der Waals surface area contributed by atoms with Crippen LogP contribution in [0.2, 0.25) is 0 Å². The van der Waals surface area contributed by atoms with Gasteiger partial charge in [0.15, 0.2) is 5.82 Å². The Kier molecular flexibility index (Phi) is 1.46. The minimum atomic E-state index is -0.151. The molecular formula is C7H12N4O. The van der Waals surface area contributed by atoms with Gasteiger partial charge in [-0.1, -0.05) is 0 Å². The Hall–Kier alpha value is -1.26. The predicted octanol–water partition coefficient (Wildman–Crippen LogP) is -0.354. The molecule has 0 aliphatic heterocycles. The molecule has 2 rings (SSSR count). The maximum Gasteiger partial charge on any atom is 0.362 e. The zero-order valence-electron chi connectivity index (χ0n) is 7.24.